The fourth-order valence-corrected chi connectivity index (χ4v) is 3.26. The van der Waals surface area contributed by atoms with Crippen LogP contribution in [0, 0.1) is 47.5 Å². The van der Waals surface area contributed by atoms with E-state index in [1.165, 1.54) is 6.92 Å². The highest BCUT2D eigenvalue weighted by molar-refractivity contribution is 7.89. The lowest BCUT2D eigenvalue weighted by Gasteiger charge is -2.12. The maximum atomic E-state index is 14.7. The Hall–Kier alpha value is -3.30. The number of hydrogen-bond acceptors (Lipinski definition) is 4. The number of hydrogen-bond donors (Lipinski definition) is 1. The molecule has 0 unspecified atom stereocenters. The van der Waals surface area contributed by atoms with Crippen molar-refractivity contribution >= 4 is 10.0 Å². The van der Waals surface area contributed by atoms with E-state index in [9.17, 15) is 30.4 Å². The van der Waals surface area contributed by atoms with Crippen LogP contribution in [0.2, 0.25) is 0 Å². The number of primary sulfonamides is 1. The van der Waals surface area contributed by atoms with E-state index in [0.29, 0.717) is 4.68 Å². The minimum absolute atomic E-state index is 0.0596. The van der Waals surface area contributed by atoms with Crippen molar-refractivity contribution < 1.29 is 30.4 Å². The highest BCUT2D eigenvalue weighted by atomic mass is 32.2. The summed E-state index contributed by atoms with van der Waals surface area (Å²) in [7, 11) is -4.64. The predicted octanol–water partition coefficient (Wildman–Crippen LogP) is 3.06. The van der Waals surface area contributed by atoms with Crippen molar-refractivity contribution in [3.05, 3.63) is 64.6 Å². The molecule has 0 saturated heterocycles. The Labute approximate surface area is 160 Å². The van der Waals surface area contributed by atoms with Crippen molar-refractivity contribution in [2.24, 2.45) is 5.14 Å². The van der Waals surface area contributed by atoms with Crippen molar-refractivity contribution in [2.75, 3.05) is 0 Å². The van der Waals surface area contributed by atoms with Crippen LogP contribution >= 0.6 is 0 Å². The first-order chi connectivity index (χ1) is 13.5. The van der Waals surface area contributed by atoms with E-state index >= 15 is 0 Å². The minimum atomic E-state index is -4.64. The third-order valence-corrected chi connectivity index (χ3v) is 5.01. The van der Waals surface area contributed by atoms with Crippen molar-refractivity contribution in [1.82, 2.24) is 9.78 Å². The highest BCUT2D eigenvalue weighted by Gasteiger charge is 2.28. The maximum Gasteiger partial charge on any atom is 0.269 e. The average Bonchev–Trinajstić information content (AvgIpc) is 2.92. The molecule has 6 nitrogen and oxygen atoms in total. The first-order valence-corrected chi connectivity index (χ1v) is 9.17. The maximum absolute atomic E-state index is 14.7. The zero-order valence-electron chi connectivity index (χ0n) is 14.3. The van der Waals surface area contributed by atoms with Gasteiger partial charge in [0.1, 0.15) is 27.9 Å². The molecular weight excluding hydrogens is 419 g/mol. The van der Waals surface area contributed by atoms with Crippen LogP contribution in [-0.2, 0) is 10.0 Å². The van der Waals surface area contributed by atoms with Gasteiger partial charge in [0.15, 0.2) is 5.82 Å². The van der Waals surface area contributed by atoms with Gasteiger partial charge in [0.25, 0.3) is 5.95 Å². The Balaban J connectivity index is 2.34. The molecular formula is C17H9F5N4O2S. The Bertz CT molecular complexity index is 1310. The molecule has 150 valence electrons. The molecule has 3 aromatic rings. The second kappa shape index (κ2) is 6.94. The molecule has 29 heavy (non-hydrogen) atoms. The van der Waals surface area contributed by atoms with Gasteiger partial charge in [-0.25, -0.2) is 31.4 Å². The number of nitriles is 1. The Morgan fingerprint density at radius 3 is 2.31 bits per heavy atom. The van der Waals surface area contributed by atoms with E-state index in [1.807, 2.05) is 0 Å². The molecule has 1 heterocycles. The van der Waals surface area contributed by atoms with E-state index in [2.05, 4.69) is 5.10 Å². The quantitative estimate of drug-likeness (QED) is 0.648. The van der Waals surface area contributed by atoms with Crippen molar-refractivity contribution in [1.29, 1.82) is 5.26 Å². The Kier molecular flexibility index (Phi) is 4.89. The SMILES string of the molecule is Cc1c(C#N)ccc(-n2nc(F)c(F)c2-c2cc(F)c(S(N)(=O)=O)cc2F)c1F. The third-order valence-electron chi connectivity index (χ3n) is 4.09. The Morgan fingerprint density at radius 2 is 1.72 bits per heavy atom. The van der Waals surface area contributed by atoms with Crippen LogP contribution < -0.4 is 5.14 Å². The summed E-state index contributed by atoms with van der Waals surface area (Å²) in [6.45, 7) is 1.23. The summed E-state index contributed by atoms with van der Waals surface area (Å²) in [5.41, 5.74) is -2.69. The second-order valence-corrected chi connectivity index (χ2v) is 7.39. The number of aromatic nitrogens is 2. The molecule has 3 rings (SSSR count). The smallest absolute Gasteiger partial charge is 0.225 e. The predicted molar refractivity (Wildman–Crippen MR) is 89.6 cm³/mol. The van der Waals surface area contributed by atoms with Crippen molar-refractivity contribution in [3.63, 3.8) is 0 Å². The number of nitrogens with zero attached hydrogens (tertiary/aromatic N) is 3. The Morgan fingerprint density at radius 1 is 1.07 bits per heavy atom. The summed E-state index contributed by atoms with van der Waals surface area (Å²) in [6.07, 6.45) is 0. The van der Waals surface area contributed by atoms with Crippen LogP contribution in [0.5, 0.6) is 0 Å². The van der Waals surface area contributed by atoms with Crippen LogP contribution in [0.25, 0.3) is 16.9 Å². The van der Waals surface area contributed by atoms with Gasteiger partial charge in [-0.1, -0.05) is 0 Å². The monoisotopic (exact) mass is 428 g/mol. The lowest BCUT2D eigenvalue weighted by atomic mass is 10.1. The van der Waals surface area contributed by atoms with E-state index in [0.717, 1.165) is 12.1 Å². The molecule has 0 amide bonds. The molecule has 2 N–H and O–H groups in total. The fourth-order valence-electron chi connectivity index (χ4n) is 2.66. The summed E-state index contributed by atoms with van der Waals surface area (Å²) in [4.78, 5) is -1.20. The number of rotatable bonds is 3. The van der Waals surface area contributed by atoms with Gasteiger partial charge in [-0.15, -0.1) is 5.10 Å². The summed E-state index contributed by atoms with van der Waals surface area (Å²) >= 11 is 0. The van der Waals surface area contributed by atoms with E-state index in [4.69, 9.17) is 10.4 Å². The summed E-state index contributed by atoms with van der Waals surface area (Å²) in [6, 6.07) is 4.31. The average molecular weight is 428 g/mol. The first kappa shape index (κ1) is 20.4. The molecule has 0 spiro atoms. The molecule has 0 saturated carbocycles. The molecule has 0 aliphatic rings. The molecule has 0 radical (unpaired) electrons. The van der Waals surface area contributed by atoms with Crippen LogP contribution in [0.15, 0.2) is 29.2 Å². The van der Waals surface area contributed by atoms with E-state index in [1.54, 1.807) is 6.07 Å². The van der Waals surface area contributed by atoms with Gasteiger partial charge >= 0.3 is 0 Å². The summed E-state index contributed by atoms with van der Waals surface area (Å²) < 4.78 is 94.4. The standard InChI is InChI=1S/C17H9F5N4O2S/c1-7-8(6-23)2-3-12(14(7)20)26-16(15(21)17(22)25-26)9-4-11(19)13(5-10(9)18)29(24,27)28/h2-5H,1H3,(H2,24,27,28). The molecule has 0 aliphatic carbocycles. The van der Waals surface area contributed by atoms with Gasteiger partial charge in [-0.05, 0) is 31.2 Å². The van der Waals surface area contributed by atoms with Gasteiger partial charge in [-0.3, -0.25) is 0 Å². The molecule has 0 fully saturated rings. The number of sulfonamides is 1. The summed E-state index contributed by atoms with van der Waals surface area (Å²) in [5, 5.41) is 16.9. The minimum Gasteiger partial charge on any atom is -0.225 e. The zero-order chi connectivity index (χ0) is 21.7. The van der Waals surface area contributed by atoms with Gasteiger partial charge in [-0.2, -0.15) is 14.0 Å². The van der Waals surface area contributed by atoms with Gasteiger partial charge < -0.3 is 0 Å². The first-order valence-electron chi connectivity index (χ1n) is 7.63. The number of benzene rings is 2. The third kappa shape index (κ3) is 3.34. The van der Waals surface area contributed by atoms with Gasteiger partial charge in [0, 0.05) is 11.1 Å². The van der Waals surface area contributed by atoms with Gasteiger partial charge in [0.05, 0.1) is 11.6 Å². The number of halogens is 5. The lowest BCUT2D eigenvalue weighted by Crippen LogP contribution is -2.15. The summed E-state index contributed by atoms with van der Waals surface area (Å²) in [5.74, 6) is -7.55. The van der Waals surface area contributed by atoms with E-state index in [-0.39, 0.29) is 23.3 Å². The molecule has 0 aliphatic heterocycles. The van der Waals surface area contributed by atoms with E-state index < -0.39 is 61.1 Å². The largest absolute Gasteiger partial charge is 0.269 e. The molecule has 1 aromatic heterocycles. The van der Waals surface area contributed by atoms with Crippen LogP contribution in [0.3, 0.4) is 0 Å². The molecule has 0 bridgehead atoms. The topological polar surface area (TPSA) is 102 Å². The number of nitrogens with two attached hydrogens (primary N) is 1. The van der Waals surface area contributed by atoms with Crippen LogP contribution in [0.4, 0.5) is 22.0 Å². The van der Waals surface area contributed by atoms with Crippen molar-refractivity contribution in [2.45, 2.75) is 11.8 Å². The molecule has 12 heteroatoms. The fraction of sp³-hybridized carbons (Fsp3) is 0.0588. The molecule has 2 aromatic carbocycles. The molecule has 0 atom stereocenters. The second-order valence-electron chi connectivity index (χ2n) is 5.86. The van der Waals surface area contributed by atoms with Crippen molar-refractivity contribution in [3.8, 4) is 23.0 Å². The zero-order valence-corrected chi connectivity index (χ0v) is 15.2. The van der Waals surface area contributed by atoms with Crippen LogP contribution in [-0.4, -0.2) is 18.2 Å². The normalized spacial score (nSPS) is 11.5. The van der Waals surface area contributed by atoms with Gasteiger partial charge in [0.2, 0.25) is 15.8 Å². The highest BCUT2D eigenvalue weighted by Crippen LogP contribution is 2.33. The lowest BCUT2D eigenvalue weighted by molar-refractivity contribution is 0.487. The van der Waals surface area contributed by atoms with Crippen LogP contribution in [0.1, 0.15) is 11.1 Å².